The van der Waals surface area contributed by atoms with E-state index in [1.165, 1.54) is 0 Å². The van der Waals surface area contributed by atoms with Gasteiger partial charge in [0, 0.05) is 11.1 Å². The van der Waals surface area contributed by atoms with Crippen LogP contribution in [0.1, 0.15) is 11.1 Å². The van der Waals surface area contributed by atoms with Crippen molar-refractivity contribution in [2.24, 2.45) is 0 Å². The number of benzene rings is 2. The molecule has 2 unspecified atom stereocenters. The van der Waals surface area contributed by atoms with Gasteiger partial charge in [-0.15, -0.1) is 0 Å². The highest BCUT2D eigenvalue weighted by Gasteiger charge is 2.43. The highest BCUT2D eigenvalue weighted by Crippen LogP contribution is 2.40. The SMILES string of the molecule is COc1ccc(C(C=O)([PH+]=O)c2ccccc2)cc1. The van der Waals surface area contributed by atoms with Crippen LogP contribution in [0.15, 0.2) is 54.6 Å². The van der Waals surface area contributed by atoms with Crippen LogP contribution in [0.25, 0.3) is 0 Å². The van der Waals surface area contributed by atoms with Crippen molar-refractivity contribution in [3.8, 4) is 5.75 Å². The zero-order chi connectivity index (χ0) is 13.7. The lowest BCUT2D eigenvalue weighted by molar-refractivity contribution is -0.109. The van der Waals surface area contributed by atoms with Gasteiger partial charge in [-0.1, -0.05) is 34.9 Å². The normalized spacial score (nSPS) is 13.7. The van der Waals surface area contributed by atoms with Gasteiger partial charge in [0.25, 0.3) is 5.16 Å². The Morgan fingerprint density at radius 1 is 1.00 bits per heavy atom. The molecule has 0 saturated heterocycles. The van der Waals surface area contributed by atoms with Gasteiger partial charge in [-0.2, -0.15) is 0 Å². The lowest BCUT2D eigenvalue weighted by Crippen LogP contribution is -2.22. The minimum Gasteiger partial charge on any atom is -0.497 e. The summed E-state index contributed by atoms with van der Waals surface area (Å²) in [7, 11) is 0.791. The van der Waals surface area contributed by atoms with Gasteiger partial charge in [-0.05, 0) is 24.3 Å². The van der Waals surface area contributed by atoms with E-state index in [0.717, 1.165) is 11.8 Å². The summed E-state index contributed by atoms with van der Waals surface area (Å²) >= 11 is 0. The minimum atomic E-state index is -1.10. The second-order valence-corrected chi connectivity index (χ2v) is 5.12. The van der Waals surface area contributed by atoms with Gasteiger partial charge in [0.1, 0.15) is 5.75 Å². The smallest absolute Gasteiger partial charge is 0.348 e. The van der Waals surface area contributed by atoms with E-state index in [-0.39, 0.29) is 0 Å². The van der Waals surface area contributed by atoms with Crippen LogP contribution >= 0.6 is 8.46 Å². The number of hydrogen-bond donors (Lipinski definition) is 0. The summed E-state index contributed by atoms with van der Waals surface area (Å²) in [6.07, 6.45) is 0.746. The summed E-state index contributed by atoms with van der Waals surface area (Å²) in [6.45, 7) is 0. The predicted molar refractivity (Wildman–Crippen MR) is 75.3 cm³/mol. The van der Waals surface area contributed by atoms with Crippen molar-refractivity contribution in [1.82, 2.24) is 0 Å². The fourth-order valence-corrected chi connectivity index (χ4v) is 2.62. The van der Waals surface area contributed by atoms with E-state index < -0.39 is 13.6 Å². The number of hydrogen-bond acceptors (Lipinski definition) is 3. The molecule has 0 N–H and O–H groups in total. The molecular formula is C15H14O3P+. The average Bonchev–Trinajstić information content (AvgIpc) is 2.51. The quantitative estimate of drug-likeness (QED) is 0.621. The fraction of sp³-hybridized carbons (Fsp3) is 0.133. The second kappa shape index (κ2) is 5.77. The summed E-state index contributed by atoms with van der Waals surface area (Å²) < 4.78 is 16.8. The third-order valence-corrected chi connectivity index (χ3v) is 4.13. The summed E-state index contributed by atoms with van der Waals surface area (Å²) in [4.78, 5) is 11.6. The van der Waals surface area contributed by atoms with Crippen LogP contribution in [-0.4, -0.2) is 13.4 Å². The molecule has 0 aromatic heterocycles. The molecule has 0 aliphatic rings. The molecule has 19 heavy (non-hydrogen) atoms. The molecule has 0 spiro atoms. The van der Waals surface area contributed by atoms with Crippen molar-refractivity contribution >= 4 is 14.7 Å². The van der Waals surface area contributed by atoms with E-state index in [9.17, 15) is 9.36 Å². The first-order valence-electron chi connectivity index (χ1n) is 5.82. The number of ether oxygens (including phenoxy) is 1. The van der Waals surface area contributed by atoms with Gasteiger partial charge >= 0.3 is 8.46 Å². The van der Waals surface area contributed by atoms with Gasteiger partial charge in [0.15, 0.2) is 6.29 Å². The Morgan fingerprint density at radius 3 is 2.05 bits per heavy atom. The summed E-state index contributed by atoms with van der Waals surface area (Å²) in [5, 5.41) is -1.10. The van der Waals surface area contributed by atoms with Crippen molar-refractivity contribution in [3.63, 3.8) is 0 Å². The zero-order valence-electron chi connectivity index (χ0n) is 10.5. The Labute approximate surface area is 113 Å². The number of carbonyl (C=O) groups excluding carboxylic acids is 1. The molecule has 4 heteroatoms. The van der Waals surface area contributed by atoms with Crippen LogP contribution in [0.4, 0.5) is 0 Å². The molecule has 2 atom stereocenters. The van der Waals surface area contributed by atoms with Gasteiger partial charge < -0.3 is 4.74 Å². The first-order chi connectivity index (χ1) is 9.26. The summed E-state index contributed by atoms with van der Waals surface area (Å²) in [5.74, 6) is 0.700. The van der Waals surface area contributed by atoms with Crippen LogP contribution < -0.4 is 4.74 Å². The third-order valence-electron chi connectivity index (χ3n) is 3.11. The number of aldehydes is 1. The molecular weight excluding hydrogens is 259 g/mol. The molecule has 0 fully saturated rings. The van der Waals surface area contributed by atoms with E-state index in [1.807, 2.05) is 30.3 Å². The number of methoxy groups -OCH3 is 1. The summed E-state index contributed by atoms with van der Waals surface area (Å²) in [6, 6.07) is 16.2. The third kappa shape index (κ3) is 2.42. The topological polar surface area (TPSA) is 43.4 Å². The molecule has 2 aromatic rings. The Hall–Kier alpha value is -1.99. The predicted octanol–water partition coefficient (Wildman–Crippen LogP) is 3.16. The Morgan fingerprint density at radius 2 is 1.58 bits per heavy atom. The molecule has 3 nitrogen and oxygen atoms in total. The average molecular weight is 273 g/mol. The molecule has 0 amide bonds. The molecule has 0 bridgehead atoms. The lowest BCUT2D eigenvalue weighted by atomic mass is 9.91. The van der Waals surface area contributed by atoms with E-state index in [2.05, 4.69) is 0 Å². The van der Waals surface area contributed by atoms with Crippen LogP contribution in [0.2, 0.25) is 0 Å². The standard InChI is InChI=1S/C15H13O3P/c1-18-14-9-7-13(8-10-14)15(11-16,19-17)12-5-3-2-4-6-12/h2-11H,1H3/p+1. The van der Waals surface area contributed by atoms with E-state index in [4.69, 9.17) is 4.74 Å². The van der Waals surface area contributed by atoms with Gasteiger partial charge in [0.2, 0.25) is 0 Å². The Bertz CT molecular complexity index is 556. The van der Waals surface area contributed by atoms with Crippen LogP contribution in [0.5, 0.6) is 5.75 Å². The fourth-order valence-electron chi connectivity index (χ4n) is 2.00. The monoisotopic (exact) mass is 273 g/mol. The van der Waals surface area contributed by atoms with Gasteiger partial charge in [0.05, 0.1) is 7.11 Å². The number of carbonyl (C=O) groups is 1. The van der Waals surface area contributed by atoms with Crippen molar-refractivity contribution in [3.05, 3.63) is 65.7 Å². The molecule has 2 rings (SSSR count). The van der Waals surface area contributed by atoms with Crippen LogP contribution in [0, 0.1) is 0 Å². The molecule has 0 heterocycles. The Kier molecular flexibility index (Phi) is 4.08. The number of rotatable bonds is 5. The van der Waals surface area contributed by atoms with Crippen LogP contribution in [-0.2, 0) is 14.5 Å². The van der Waals surface area contributed by atoms with E-state index in [0.29, 0.717) is 11.3 Å². The molecule has 0 aliphatic heterocycles. The van der Waals surface area contributed by atoms with E-state index in [1.54, 1.807) is 31.4 Å². The maximum atomic E-state index is 11.7. The van der Waals surface area contributed by atoms with Crippen molar-refractivity contribution < 1.29 is 14.1 Å². The highest BCUT2D eigenvalue weighted by atomic mass is 31.1. The van der Waals surface area contributed by atoms with Crippen LogP contribution in [0.3, 0.4) is 0 Å². The Balaban J connectivity index is 2.55. The zero-order valence-corrected chi connectivity index (χ0v) is 11.5. The second-order valence-electron chi connectivity index (χ2n) is 4.12. The van der Waals surface area contributed by atoms with Crippen molar-refractivity contribution in [2.75, 3.05) is 7.11 Å². The van der Waals surface area contributed by atoms with Gasteiger partial charge in [-0.25, -0.2) is 0 Å². The maximum absolute atomic E-state index is 11.7. The van der Waals surface area contributed by atoms with Crippen molar-refractivity contribution in [1.29, 1.82) is 0 Å². The molecule has 0 radical (unpaired) electrons. The largest absolute Gasteiger partial charge is 0.497 e. The van der Waals surface area contributed by atoms with Gasteiger partial charge in [-0.3, -0.25) is 4.79 Å². The molecule has 0 saturated carbocycles. The molecule has 2 aromatic carbocycles. The molecule has 96 valence electrons. The first kappa shape index (κ1) is 13.4. The van der Waals surface area contributed by atoms with Crippen molar-refractivity contribution in [2.45, 2.75) is 5.16 Å². The molecule has 0 aliphatic carbocycles. The minimum absolute atomic E-state index is 0.697. The summed E-state index contributed by atoms with van der Waals surface area (Å²) in [5.41, 5.74) is 1.42. The lowest BCUT2D eigenvalue weighted by Gasteiger charge is -2.15. The highest BCUT2D eigenvalue weighted by molar-refractivity contribution is 7.27. The first-order valence-corrected chi connectivity index (χ1v) is 6.73. The van der Waals surface area contributed by atoms with E-state index >= 15 is 0 Å². The maximum Gasteiger partial charge on any atom is 0.348 e.